The van der Waals surface area contributed by atoms with E-state index in [0.29, 0.717) is 35.4 Å². The first-order chi connectivity index (χ1) is 16.4. The minimum Gasteiger partial charge on any atom is -0.352 e. The number of nitrogens with zero attached hydrogens (tertiary/aromatic N) is 2. The van der Waals surface area contributed by atoms with E-state index >= 15 is 0 Å². The summed E-state index contributed by atoms with van der Waals surface area (Å²) in [4.78, 5) is 38.7. The molecule has 1 N–H and O–H groups in total. The summed E-state index contributed by atoms with van der Waals surface area (Å²) in [6.45, 7) is 2.86. The van der Waals surface area contributed by atoms with Crippen molar-refractivity contribution in [2.45, 2.75) is 39.4 Å². The van der Waals surface area contributed by atoms with Crippen molar-refractivity contribution in [3.8, 4) is 0 Å². The van der Waals surface area contributed by atoms with Crippen molar-refractivity contribution < 1.29 is 4.79 Å². The average Bonchev–Trinajstić information content (AvgIpc) is 2.84. The van der Waals surface area contributed by atoms with Gasteiger partial charge in [0.1, 0.15) is 0 Å². The predicted octanol–water partition coefficient (Wildman–Crippen LogP) is 4.27. The highest BCUT2D eigenvalue weighted by Crippen LogP contribution is 2.14. The molecule has 0 atom stereocenters. The number of benzene rings is 3. The number of para-hydroxylation sites is 1. The highest BCUT2D eigenvalue weighted by Gasteiger charge is 2.14. The van der Waals surface area contributed by atoms with E-state index in [4.69, 9.17) is 11.6 Å². The normalized spacial score (nSPS) is 11.0. The maximum absolute atomic E-state index is 13.3. The number of hydrogen-bond donors (Lipinski definition) is 1. The molecule has 0 unspecified atom stereocenters. The first-order valence-corrected chi connectivity index (χ1v) is 11.6. The van der Waals surface area contributed by atoms with Gasteiger partial charge in [-0.2, -0.15) is 0 Å². The Bertz CT molecular complexity index is 1440. The third kappa shape index (κ3) is 5.29. The standard InChI is InChI=1S/C27H26ClN3O3/c1-19-12-14-20(15-13-19)18-31-24-10-5-3-8-22(24)26(33)30(27(31)34)16-6-11-25(32)29-17-21-7-2-4-9-23(21)28/h2-5,7-10,12-15H,6,11,16-18H2,1H3,(H,29,32). The largest absolute Gasteiger partial charge is 0.352 e. The molecule has 0 saturated heterocycles. The van der Waals surface area contributed by atoms with Gasteiger partial charge in [0.2, 0.25) is 5.91 Å². The molecule has 0 radical (unpaired) electrons. The van der Waals surface area contributed by atoms with E-state index in [-0.39, 0.29) is 30.1 Å². The summed E-state index contributed by atoms with van der Waals surface area (Å²) in [7, 11) is 0. The Morgan fingerprint density at radius 2 is 1.62 bits per heavy atom. The van der Waals surface area contributed by atoms with E-state index in [9.17, 15) is 14.4 Å². The van der Waals surface area contributed by atoms with Crippen LogP contribution in [0.1, 0.15) is 29.5 Å². The van der Waals surface area contributed by atoms with E-state index in [1.165, 1.54) is 4.57 Å². The van der Waals surface area contributed by atoms with Gasteiger partial charge in [0.15, 0.2) is 0 Å². The molecule has 3 aromatic carbocycles. The summed E-state index contributed by atoms with van der Waals surface area (Å²) in [5.74, 6) is -0.159. The summed E-state index contributed by atoms with van der Waals surface area (Å²) in [6.07, 6.45) is 0.563. The molecule has 4 aromatic rings. The number of halogens is 1. The van der Waals surface area contributed by atoms with Crippen LogP contribution in [0.4, 0.5) is 0 Å². The fourth-order valence-corrected chi connectivity index (χ4v) is 4.12. The molecule has 34 heavy (non-hydrogen) atoms. The molecule has 1 heterocycles. The summed E-state index contributed by atoms with van der Waals surface area (Å²) >= 11 is 6.13. The van der Waals surface area contributed by atoms with Crippen LogP contribution in [0.25, 0.3) is 10.9 Å². The lowest BCUT2D eigenvalue weighted by Crippen LogP contribution is -2.40. The molecule has 0 saturated carbocycles. The van der Waals surface area contributed by atoms with Crippen molar-refractivity contribution in [3.63, 3.8) is 0 Å². The first kappa shape index (κ1) is 23.5. The van der Waals surface area contributed by atoms with Crippen molar-refractivity contribution in [3.05, 3.63) is 115 Å². The molecule has 6 nitrogen and oxygen atoms in total. The van der Waals surface area contributed by atoms with Gasteiger partial charge < -0.3 is 5.32 Å². The molecule has 0 aliphatic carbocycles. The fourth-order valence-electron chi connectivity index (χ4n) is 3.92. The molecule has 0 spiro atoms. The van der Waals surface area contributed by atoms with Crippen molar-refractivity contribution in [1.29, 1.82) is 0 Å². The molecule has 0 bridgehead atoms. The maximum atomic E-state index is 13.3. The zero-order valence-electron chi connectivity index (χ0n) is 19.0. The molecule has 0 fully saturated rings. The average molecular weight is 476 g/mol. The number of aromatic nitrogens is 2. The van der Waals surface area contributed by atoms with Gasteiger partial charge in [-0.1, -0.05) is 71.8 Å². The SMILES string of the molecule is Cc1ccc(Cn2c(=O)n(CCCC(=O)NCc3ccccc3Cl)c(=O)c3ccccc32)cc1. The minimum atomic E-state index is -0.374. The van der Waals surface area contributed by atoms with Crippen LogP contribution in [0.15, 0.2) is 82.4 Å². The summed E-state index contributed by atoms with van der Waals surface area (Å²) in [5, 5.41) is 3.92. The Labute approximate surface area is 202 Å². The Balaban J connectivity index is 1.51. The molecule has 0 aliphatic heterocycles. The molecule has 4 rings (SSSR count). The molecular formula is C27H26ClN3O3. The van der Waals surface area contributed by atoms with Crippen molar-refractivity contribution in [2.24, 2.45) is 0 Å². The van der Waals surface area contributed by atoms with Gasteiger partial charge in [-0.05, 0) is 42.7 Å². The van der Waals surface area contributed by atoms with Crippen LogP contribution in [0.5, 0.6) is 0 Å². The number of aryl methyl sites for hydroxylation is 1. The lowest BCUT2D eigenvalue weighted by Gasteiger charge is -2.14. The third-order valence-corrected chi connectivity index (χ3v) is 6.18. The number of fused-ring (bicyclic) bond motifs is 1. The number of amides is 1. The zero-order chi connectivity index (χ0) is 24.1. The molecule has 0 aliphatic rings. The highest BCUT2D eigenvalue weighted by molar-refractivity contribution is 6.31. The minimum absolute atomic E-state index is 0.159. The second-order valence-corrected chi connectivity index (χ2v) is 8.71. The third-order valence-electron chi connectivity index (χ3n) is 5.81. The maximum Gasteiger partial charge on any atom is 0.331 e. The Morgan fingerprint density at radius 3 is 2.38 bits per heavy atom. The van der Waals surface area contributed by atoms with Gasteiger partial charge in [0.05, 0.1) is 17.4 Å². The van der Waals surface area contributed by atoms with E-state index in [2.05, 4.69) is 5.32 Å². The monoisotopic (exact) mass is 475 g/mol. The van der Waals surface area contributed by atoms with Crippen LogP contribution >= 0.6 is 11.6 Å². The van der Waals surface area contributed by atoms with E-state index in [1.54, 1.807) is 28.8 Å². The van der Waals surface area contributed by atoms with Crippen LogP contribution in [-0.4, -0.2) is 15.0 Å². The van der Waals surface area contributed by atoms with Gasteiger partial charge in [0, 0.05) is 24.5 Å². The lowest BCUT2D eigenvalue weighted by molar-refractivity contribution is -0.121. The van der Waals surface area contributed by atoms with Gasteiger partial charge in [-0.25, -0.2) is 4.79 Å². The van der Waals surface area contributed by atoms with E-state index in [1.807, 2.05) is 55.5 Å². The van der Waals surface area contributed by atoms with Crippen LogP contribution in [0.2, 0.25) is 5.02 Å². The zero-order valence-corrected chi connectivity index (χ0v) is 19.7. The molecule has 1 amide bonds. The second-order valence-electron chi connectivity index (χ2n) is 8.30. The van der Waals surface area contributed by atoms with Gasteiger partial charge in [-0.3, -0.25) is 18.7 Å². The van der Waals surface area contributed by atoms with Crippen LogP contribution < -0.4 is 16.6 Å². The fraction of sp³-hybridized carbons (Fsp3) is 0.222. The number of rotatable bonds is 8. The van der Waals surface area contributed by atoms with Gasteiger partial charge in [0.25, 0.3) is 5.56 Å². The Hall–Kier alpha value is -3.64. The van der Waals surface area contributed by atoms with E-state index in [0.717, 1.165) is 16.7 Å². The molecule has 174 valence electrons. The van der Waals surface area contributed by atoms with Crippen molar-refractivity contribution >= 4 is 28.4 Å². The van der Waals surface area contributed by atoms with E-state index < -0.39 is 0 Å². The van der Waals surface area contributed by atoms with Gasteiger partial charge in [-0.15, -0.1) is 0 Å². The number of nitrogens with one attached hydrogen (secondary N) is 1. The summed E-state index contributed by atoms with van der Waals surface area (Å²) in [6, 6.07) is 22.4. The number of carbonyl (C=O) groups excluding carboxylic acids is 1. The summed E-state index contributed by atoms with van der Waals surface area (Å²) < 4.78 is 2.86. The smallest absolute Gasteiger partial charge is 0.331 e. The van der Waals surface area contributed by atoms with Crippen molar-refractivity contribution in [2.75, 3.05) is 0 Å². The quantitative estimate of drug-likeness (QED) is 0.413. The van der Waals surface area contributed by atoms with Crippen LogP contribution in [0, 0.1) is 6.92 Å². The topological polar surface area (TPSA) is 73.1 Å². The number of carbonyl (C=O) groups is 1. The highest BCUT2D eigenvalue weighted by atomic mass is 35.5. The van der Waals surface area contributed by atoms with Crippen LogP contribution in [-0.2, 0) is 24.4 Å². The first-order valence-electron chi connectivity index (χ1n) is 11.2. The Morgan fingerprint density at radius 1 is 0.912 bits per heavy atom. The second kappa shape index (κ2) is 10.5. The number of hydrogen-bond acceptors (Lipinski definition) is 3. The predicted molar refractivity (Wildman–Crippen MR) is 135 cm³/mol. The Kier molecular flexibility index (Phi) is 7.28. The lowest BCUT2D eigenvalue weighted by atomic mass is 10.1. The van der Waals surface area contributed by atoms with Crippen LogP contribution in [0.3, 0.4) is 0 Å². The molecule has 1 aromatic heterocycles. The van der Waals surface area contributed by atoms with Crippen molar-refractivity contribution in [1.82, 2.24) is 14.5 Å². The molecular weight excluding hydrogens is 450 g/mol. The molecule has 7 heteroatoms. The van der Waals surface area contributed by atoms with Gasteiger partial charge >= 0.3 is 5.69 Å². The summed E-state index contributed by atoms with van der Waals surface area (Å²) in [5.41, 5.74) is 2.84.